The van der Waals surface area contributed by atoms with Gasteiger partial charge in [-0.25, -0.2) is 0 Å². The van der Waals surface area contributed by atoms with Crippen molar-refractivity contribution in [3.8, 4) is 0 Å². The highest BCUT2D eigenvalue weighted by Gasteiger charge is 2.17. The zero-order valence-electron chi connectivity index (χ0n) is 12.6. The number of carbonyl (C=O) groups excluding carboxylic acids is 2. The number of hydrogen-bond donors (Lipinski definition) is 2. The molecule has 1 heterocycles. The van der Waals surface area contributed by atoms with Crippen LogP contribution < -0.4 is 11.1 Å². The Morgan fingerprint density at radius 2 is 1.86 bits per heavy atom. The van der Waals surface area contributed by atoms with E-state index in [2.05, 4.69) is 5.32 Å². The highest BCUT2D eigenvalue weighted by atomic mass is 35.5. The first-order chi connectivity index (χ1) is 10.1. The Labute approximate surface area is 136 Å². The molecule has 0 radical (unpaired) electrons. The van der Waals surface area contributed by atoms with E-state index in [1.807, 2.05) is 17.0 Å². The number of hydrogen-bond acceptors (Lipinski definition) is 4. The number of nitrogens with two attached hydrogens (primary N) is 1. The fourth-order valence-corrected chi connectivity index (χ4v) is 2.06. The van der Waals surface area contributed by atoms with Gasteiger partial charge in [-0.2, -0.15) is 0 Å². The molecule has 1 unspecified atom stereocenters. The van der Waals surface area contributed by atoms with E-state index in [1.54, 1.807) is 19.1 Å². The third-order valence-corrected chi connectivity index (χ3v) is 3.35. The first-order valence-electron chi connectivity index (χ1n) is 7.07. The van der Waals surface area contributed by atoms with Crippen LogP contribution in [0.5, 0.6) is 0 Å². The van der Waals surface area contributed by atoms with Crippen LogP contribution in [0.4, 0.5) is 5.69 Å². The third kappa shape index (κ3) is 5.29. The minimum Gasteiger partial charge on any atom is -0.378 e. The van der Waals surface area contributed by atoms with E-state index < -0.39 is 6.04 Å². The molecule has 0 saturated carbocycles. The fraction of sp³-hybridized carbons (Fsp3) is 0.467. The number of morpholine rings is 1. The summed E-state index contributed by atoms with van der Waals surface area (Å²) >= 11 is 0. The van der Waals surface area contributed by atoms with Crippen molar-refractivity contribution in [1.29, 1.82) is 0 Å². The number of nitrogens with zero attached hydrogens (tertiary/aromatic N) is 1. The minimum atomic E-state index is -0.549. The van der Waals surface area contributed by atoms with Gasteiger partial charge in [0.1, 0.15) is 0 Å². The normalized spacial score (nSPS) is 15.6. The summed E-state index contributed by atoms with van der Waals surface area (Å²) in [6.07, 6.45) is 0.363. The molecule has 1 saturated heterocycles. The van der Waals surface area contributed by atoms with Crippen molar-refractivity contribution in [3.05, 3.63) is 29.8 Å². The number of amides is 2. The van der Waals surface area contributed by atoms with E-state index in [9.17, 15) is 9.59 Å². The smallest absolute Gasteiger partial charge is 0.240 e. The quantitative estimate of drug-likeness (QED) is 0.856. The lowest BCUT2D eigenvalue weighted by Gasteiger charge is -2.26. The van der Waals surface area contributed by atoms with Gasteiger partial charge in [0.05, 0.1) is 25.7 Å². The van der Waals surface area contributed by atoms with Crippen LogP contribution in [-0.2, 0) is 20.7 Å². The van der Waals surface area contributed by atoms with Crippen LogP contribution in [0.2, 0.25) is 0 Å². The predicted octanol–water partition coefficient (Wildman–Crippen LogP) is 0.795. The number of carbonyl (C=O) groups is 2. The van der Waals surface area contributed by atoms with Gasteiger partial charge in [0.15, 0.2) is 0 Å². The number of anilines is 1. The average Bonchev–Trinajstić information content (AvgIpc) is 2.50. The van der Waals surface area contributed by atoms with Gasteiger partial charge in [0.2, 0.25) is 11.8 Å². The van der Waals surface area contributed by atoms with Gasteiger partial charge in [-0.1, -0.05) is 12.1 Å². The topological polar surface area (TPSA) is 84.7 Å². The molecular formula is C15H22ClN3O3. The molecular weight excluding hydrogens is 306 g/mol. The molecule has 0 aromatic heterocycles. The molecule has 22 heavy (non-hydrogen) atoms. The highest BCUT2D eigenvalue weighted by Crippen LogP contribution is 2.12. The number of rotatable bonds is 4. The van der Waals surface area contributed by atoms with Crippen molar-refractivity contribution in [3.63, 3.8) is 0 Å². The van der Waals surface area contributed by atoms with E-state index in [-0.39, 0.29) is 24.2 Å². The molecule has 122 valence electrons. The lowest BCUT2D eigenvalue weighted by atomic mass is 10.1. The number of ether oxygens (including phenoxy) is 1. The monoisotopic (exact) mass is 327 g/mol. The second-order valence-corrected chi connectivity index (χ2v) is 5.14. The van der Waals surface area contributed by atoms with Gasteiger partial charge in [-0.15, -0.1) is 12.4 Å². The van der Waals surface area contributed by atoms with Crippen LogP contribution in [-0.4, -0.2) is 49.1 Å². The second kappa shape index (κ2) is 8.73. The van der Waals surface area contributed by atoms with E-state index in [0.717, 1.165) is 5.56 Å². The lowest BCUT2D eigenvalue weighted by Crippen LogP contribution is -2.41. The Morgan fingerprint density at radius 3 is 2.41 bits per heavy atom. The zero-order chi connectivity index (χ0) is 15.2. The maximum Gasteiger partial charge on any atom is 0.240 e. The third-order valence-electron chi connectivity index (χ3n) is 3.35. The zero-order valence-corrected chi connectivity index (χ0v) is 13.4. The number of halogens is 1. The van der Waals surface area contributed by atoms with Crippen LogP contribution >= 0.6 is 12.4 Å². The molecule has 1 aromatic rings. The molecule has 6 nitrogen and oxygen atoms in total. The molecule has 7 heteroatoms. The SMILES string of the molecule is CC(N)C(=O)Nc1ccc(CC(=O)N2CCOCC2)cc1.Cl. The maximum atomic E-state index is 12.1. The van der Waals surface area contributed by atoms with Gasteiger partial charge in [0.25, 0.3) is 0 Å². The molecule has 1 aliphatic heterocycles. The molecule has 3 N–H and O–H groups in total. The largest absolute Gasteiger partial charge is 0.378 e. The standard InChI is InChI=1S/C15H21N3O3.ClH/c1-11(16)15(20)17-13-4-2-12(3-5-13)10-14(19)18-6-8-21-9-7-18;/h2-5,11H,6-10,16H2,1H3,(H,17,20);1H. The molecule has 0 bridgehead atoms. The summed E-state index contributed by atoms with van der Waals surface area (Å²) in [5.41, 5.74) is 7.09. The first-order valence-corrected chi connectivity index (χ1v) is 7.07. The predicted molar refractivity (Wildman–Crippen MR) is 87.1 cm³/mol. The molecule has 1 aliphatic rings. The van der Waals surface area contributed by atoms with E-state index in [0.29, 0.717) is 38.4 Å². The van der Waals surface area contributed by atoms with Crippen molar-refractivity contribution in [2.45, 2.75) is 19.4 Å². The summed E-state index contributed by atoms with van der Waals surface area (Å²) in [4.78, 5) is 25.4. The van der Waals surface area contributed by atoms with E-state index in [4.69, 9.17) is 10.5 Å². The van der Waals surface area contributed by atoms with E-state index >= 15 is 0 Å². The van der Waals surface area contributed by atoms with Gasteiger partial charge in [-0.3, -0.25) is 9.59 Å². The summed E-state index contributed by atoms with van der Waals surface area (Å²) in [5.74, 6) is -0.127. The van der Waals surface area contributed by atoms with Crippen LogP contribution in [0, 0.1) is 0 Å². The van der Waals surface area contributed by atoms with Crippen LogP contribution in [0.3, 0.4) is 0 Å². The Hall–Kier alpha value is -1.63. The molecule has 2 rings (SSSR count). The molecule has 2 amide bonds. The van der Waals surface area contributed by atoms with E-state index in [1.165, 1.54) is 0 Å². The molecule has 1 atom stereocenters. The van der Waals surface area contributed by atoms with Crippen LogP contribution in [0.15, 0.2) is 24.3 Å². The maximum absolute atomic E-state index is 12.1. The summed E-state index contributed by atoms with van der Waals surface area (Å²) < 4.78 is 5.23. The lowest BCUT2D eigenvalue weighted by molar-refractivity contribution is -0.134. The summed E-state index contributed by atoms with van der Waals surface area (Å²) in [7, 11) is 0. The molecule has 1 aromatic carbocycles. The van der Waals surface area contributed by atoms with Crippen LogP contribution in [0.25, 0.3) is 0 Å². The number of benzene rings is 1. The molecule has 0 spiro atoms. The Kier molecular flexibility index (Phi) is 7.31. The van der Waals surface area contributed by atoms with Crippen molar-refractivity contribution in [2.75, 3.05) is 31.6 Å². The number of nitrogens with one attached hydrogen (secondary N) is 1. The van der Waals surface area contributed by atoms with Crippen LogP contribution in [0.1, 0.15) is 12.5 Å². The van der Waals surface area contributed by atoms with Crippen molar-refractivity contribution in [2.24, 2.45) is 5.73 Å². The summed E-state index contributed by atoms with van der Waals surface area (Å²) in [6, 6.07) is 6.70. The molecule has 1 fully saturated rings. The summed E-state index contributed by atoms with van der Waals surface area (Å²) in [5, 5.41) is 2.71. The Morgan fingerprint density at radius 1 is 1.27 bits per heavy atom. The Bertz CT molecular complexity index is 499. The van der Waals surface area contributed by atoms with Crippen molar-refractivity contribution < 1.29 is 14.3 Å². The van der Waals surface area contributed by atoms with Crippen molar-refractivity contribution >= 4 is 29.9 Å². The van der Waals surface area contributed by atoms with Crippen molar-refractivity contribution in [1.82, 2.24) is 4.90 Å². The Balaban J connectivity index is 0.00000242. The highest BCUT2D eigenvalue weighted by molar-refractivity contribution is 5.94. The second-order valence-electron chi connectivity index (χ2n) is 5.14. The van der Waals surface area contributed by atoms with Gasteiger partial charge < -0.3 is 20.7 Å². The van der Waals surface area contributed by atoms with Gasteiger partial charge >= 0.3 is 0 Å². The molecule has 0 aliphatic carbocycles. The van der Waals surface area contributed by atoms with Gasteiger partial charge in [-0.05, 0) is 24.6 Å². The minimum absolute atomic E-state index is 0. The fourth-order valence-electron chi connectivity index (χ4n) is 2.06. The summed E-state index contributed by atoms with van der Waals surface area (Å²) in [6.45, 7) is 4.15. The van der Waals surface area contributed by atoms with Gasteiger partial charge in [0, 0.05) is 18.8 Å². The first kappa shape index (κ1) is 18.4. The average molecular weight is 328 g/mol.